The van der Waals surface area contributed by atoms with Crippen molar-refractivity contribution in [3.63, 3.8) is 0 Å². The van der Waals surface area contributed by atoms with Gasteiger partial charge >= 0.3 is 0 Å². The maximum Gasteiger partial charge on any atom is 0.242 e. The van der Waals surface area contributed by atoms with E-state index in [-0.39, 0.29) is 5.91 Å². The normalized spacial score (nSPS) is 16.6. The smallest absolute Gasteiger partial charge is 0.242 e. The lowest BCUT2D eigenvalue weighted by Gasteiger charge is -2.34. The fourth-order valence-electron chi connectivity index (χ4n) is 4.43. The second kappa shape index (κ2) is 8.96. The van der Waals surface area contributed by atoms with E-state index in [9.17, 15) is 4.79 Å². The Labute approximate surface area is 202 Å². The zero-order valence-electron chi connectivity index (χ0n) is 19.3. The number of aryl methyl sites for hydroxylation is 2. The van der Waals surface area contributed by atoms with Gasteiger partial charge in [-0.25, -0.2) is 9.36 Å². The first-order chi connectivity index (χ1) is 16.4. The molecule has 9 nitrogen and oxygen atoms in total. The van der Waals surface area contributed by atoms with Gasteiger partial charge in [-0.15, -0.1) is 0 Å². The molecule has 1 fully saturated rings. The molecule has 2 aromatic carbocycles. The minimum atomic E-state index is -0.502. The van der Waals surface area contributed by atoms with E-state index in [0.717, 1.165) is 33.9 Å². The lowest BCUT2D eigenvalue weighted by Crippen LogP contribution is -2.50. The second-order valence-corrected chi connectivity index (χ2v) is 8.85. The van der Waals surface area contributed by atoms with E-state index in [2.05, 4.69) is 20.6 Å². The van der Waals surface area contributed by atoms with Crippen LogP contribution in [0.1, 0.15) is 28.6 Å². The molecule has 3 heterocycles. The zero-order valence-corrected chi connectivity index (χ0v) is 20.2. The van der Waals surface area contributed by atoms with Gasteiger partial charge in [0.1, 0.15) is 6.04 Å². The number of carbonyl (C=O) groups is 1. The number of para-hydroxylation sites is 1. The van der Waals surface area contributed by atoms with Gasteiger partial charge in [-0.3, -0.25) is 9.69 Å². The molecule has 0 bridgehead atoms. The summed E-state index contributed by atoms with van der Waals surface area (Å²) in [5, 5.41) is 16.3. The first-order valence-corrected chi connectivity index (χ1v) is 11.6. The summed E-state index contributed by atoms with van der Waals surface area (Å²) in [4.78, 5) is 15.2. The average molecular weight is 475 g/mol. The summed E-state index contributed by atoms with van der Waals surface area (Å²) in [6, 6.07) is 17.4. The molecular formula is C24H26N8OS. The summed E-state index contributed by atoms with van der Waals surface area (Å²) >= 11 is 5.67. The molecule has 1 saturated heterocycles. The third-order valence-electron chi connectivity index (χ3n) is 6.17. The number of nitrogens with zero attached hydrogens (tertiary/aromatic N) is 7. The Morgan fingerprint density at radius 3 is 2.41 bits per heavy atom. The Balaban J connectivity index is 1.49. The third-order valence-corrected chi connectivity index (χ3v) is 6.55. The van der Waals surface area contributed by atoms with Crippen LogP contribution in [0.3, 0.4) is 0 Å². The highest BCUT2D eigenvalue weighted by atomic mass is 32.1. The van der Waals surface area contributed by atoms with Crippen LogP contribution in [0.15, 0.2) is 54.6 Å². The molecule has 2 aromatic heterocycles. The molecule has 1 aliphatic heterocycles. The van der Waals surface area contributed by atoms with Crippen molar-refractivity contribution >= 4 is 18.1 Å². The molecule has 1 unspecified atom stereocenters. The molecule has 4 aromatic rings. The molecule has 1 atom stereocenters. The SMILES string of the molecule is Cc1ccc(-n2nnn(CN3CCNC(=O)C3c3c(C)nn(-c4ccccc4)c3C)c2=S)cc1. The van der Waals surface area contributed by atoms with Gasteiger partial charge in [-0.1, -0.05) is 35.9 Å². The zero-order chi connectivity index (χ0) is 23.8. The summed E-state index contributed by atoms with van der Waals surface area (Å²) in [5.74, 6) is -0.0532. The van der Waals surface area contributed by atoms with Gasteiger partial charge in [-0.2, -0.15) is 9.78 Å². The largest absolute Gasteiger partial charge is 0.353 e. The van der Waals surface area contributed by atoms with Crippen LogP contribution in [0.5, 0.6) is 0 Å². The third kappa shape index (κ3) is 3.95. The maximum absolute atomic E-state index is 13.1. The Morgan fingerprint density at radius 1 is 0.971 bits per heavy atom. The minimum Gasteiger partial charge on any atom is -0.353 e. The van der Waals surface area contributed by atoms with E-state index < -0.39 is 6.04 Å². The summed E-state index contributed by atoms with van der Waals surface area (Å²) in [6.45, 7) is 7.54. The number of benzene rings is 2. The first kappa shape index (κ1) is 22.2. The molecule has 0 saturated carbocycles. The van der Waals surface area contributed by atoms with Crippen molar-refractivity contribution in [2.24, 2.45) is 0 Å². The quantitative estimate of drug-likeness (QED) is 0.448. The number of aromatic nitrogens is 6. The van der Waals surface area contributed by atoms with Gasteiger partial charge in [0, 0.05) is 24.3 Å². The molecular weight excluding hydrogens is 448 g/mol. The van der Waals surface area contributed by atoms with Crippen LogP contribution in [0, 0.1) is 25.5 Å². The van der Waals surface area contributed by atoms with Gasteiger partial charge in [-0.05, 0) is 67.7 Å². The van der Waals surface area contributed by atoms with Crippen LogP contribution in [-0.2, 0) is 11.5 Å². The van der Waals surface area contributed by atoms with Crippen LogP contribution in [-0.4, -0.2) is 53.5 Å². The van der Waals surface area contributed by atoms with Crippen molar-refractivity contribution in [3.05, 3.63) is 81.9 Å². The van der Waals surface area contributed by atoms with Crippen molar-refractivity contribution < 1.29 is 4.79 Å². The number of rotatable bonds is 5. The van der Waals surface area contributed by atoms with Crippen LogP contribution in [0.4, 0.5) is 0 Å². The lowest BCUT2D eigenvalue weighted by atomic mass is 10.0. The highest BCUT2D eigenvalue weighted by molar-refractivity contribution is 7.71. The topological polar surface area (TPSA) is 85.8 Å². The number of nitrogens with one attached hydrogen (secondary N) is 1. The molecule has 174 valence electrons. The van der Waals surface area contributed by atoms with Gasteiger partial charge in [0.05, 0.1) is 23.7 Å². The first-order valence-electron chi connectivity index (χ1n) is 11.2. The summed E-state index contributed by atoms with van der Waals surface area (Å²) < 4.78 is 5.66. The molecule has 0 spiro atoms. The number of carbonyl (C=O) groups excluding carboxylic acids is 1. The second-order valence-electron chi connectivity index (χ2n) is 8.49. The Morgan fingerprint density at radius 2 is 1.68 bits per heavy atom. The van der Waals surface area contributed by atoms with E-state index in [0.29, 0.717) is 24.5 Å². The number of amides is 1. The monoisotopic (exact) mass is 474 g/mol. The highest BCUT2D eigenvalue weighted by Crippen LogP contribution is 2.30. The van der Waals surface area contributed by atoms with Gasteiger partial charge in [0.2, 0.25) is 10.7 Å². The van der Waals surface area contributed by atoms with E-state index in [4.69, 9.17) is 17.3 Å². The number of piperazine rings is 1. The molecule has 34 heavy (non-hydrogen) atoms. The summed E-state index contributed by atoms with van der Waals surface area (Å²) in [5.41, 5.74) is 5.62. The van der Waals surface area contributed by atoms with Gasteiger partial charge < -0.3 is 5.32 Å². The molecule has 1 aliphatic rings. The van der Waals surface area contributed by atoms with Crippen molar-refractivity contribution in [2.45, 2.75) is 33.5 Å². The molecule has 1 amide bonds. The minimum absolute atomic E-state index is 0.0532. The molecule has 0 radical (unpaired) electrons. The van der Waals surface area contributed by atoms with Crippen molar-refractivity contribution in [1.29, 1.82) is 0 Å². The van der Waals surface area contributed by atoms with Crippen LogP contribution in [0.2, 0.25) is 0 Å². The Hall–Kier alpha value is -3.63. The van der Waals surface area contributed by atoms with Crippen molar-refractivity contribution in [1.82, 2.24) is 39.8 Å². The molecule has 1 N–H and O–H groups in total. The number of tetrazole rings is 1. The van der Waals surface area contributed by atoms with Crippen molar-refractivity contribution in [3.8, 4) is 11.4 Å². The fourth-order valence-corrected chi connectivity index (χ4v) is 4.67. The summed E-state index contributed by atoms with van der Waals surface area (Å²) in [6.07, 6.45) is 0. The Bertz CT molecular complexity index is 1390. The van der Waals surface area contributed by atoms with E-state index >= 15 is 0 Å². The van der Waals surface area contributed by atoms with Gasteiger partial charge in [0.15, 0.2) is 0 Å². The predicted molar refractivity (Wildman–Crippen MR) is 130 cm³/mol. The molecule has 5 rings (SSSR count). The summed E-state index contributed by atoms with van der Waals surface area (Å²) in [7, 11) is 0. The van der Waals surface area contributed by atoms with Crippen LogP contribution < -0.4 is 5.32 Å². The number of hydrogen-bond acceptors (Lipinski definition) is 6. The standard InChI is InChI=1S/C24H26N8OS/c1-16-9-11-20(12-10-16)32-24(34)30(27-28-32)15-29-14-13-25-23(33)22(29)21-17(2)26-31(18(21)3)19-7-5-4-6-8-19/h4-12,22H,13-15H2,1-3H3,(H,25,33). The average Bonchev–Trinajstić information content (AvgIpc) is 3.34. The van der Waals surface area contributed by atoms with Crippen LogP contribution >= 0.6 is 12.2 Å². The molecule has 10 heteroatoms. The van der Waals surface area contributed by atoms with Crippen molar-refractivity contribution in [2.75, 3.05) is 13.1 Å². The van der Waals surface area contributed by atoms with E-state index in [1.54, 1.807) is 9.36 Å². The molecule has 0 aliphatic carbocycles. The Kier molecular flexibility index (Phi) is 5.84. The maximum atomic E-state index is 13.1. The van der Waals surface area contributed by atoms with Gasteiger partial charge in [0.25, 0.3) is 0 Å². The fraction of sp³-hybridized carbons (Fsp3) is 0.292. The lowest BCUT2D eigenvalue weighted by molar-refractivity contribution is -0.130. The van der Waals surface area contributed by atoms with E-state index in [1.165, 1.54) is 0 Å². The van der Waals surface area contributed by atoms with E-state index in [1.807, 2.05) is 80.1 Å². The number of hydrogen-bond donors (Lipinski definition) is 1. The predicted octanol–water partition coefficient (Wildman–Crippen LogP) is 3.04. The highest BCUT2D eigenvalue weighted by Gasteiger charge is 2.36. The van der Waals surface area contributed by atoms with Crippen LogP contribution in [0.25, 0.3) is 11.4 Å².